The van der Waals surface area contributed by atoms with E-state index in [9.17, 15) is 4.79 Å². The first kappa shape index (κ1) is 11.9. The Bertz CT molecular complexity index is 380. The van der Waals surface area contributed by atoms with Crippen LogP contribution in [0.4, 0.5) is 5.69 Å². The number of anilines is 1. The lowest BCUT2D eigenvalue weighted by molar-refractivity contribution is 0.100. The van der Waals surface area contributed by atoms with E-state index in [-0.39, 0.29) is 5.91 Å². The van der Waals surface area contributed by atoms with Gasteiger partial charge in [0, 0.05) is 17.3 Å². The zero-order valence-electron chi connectivity index (χ0n) is 10.1. The van der Waals surface area contributed by atoms with Crippen LogP contribution < -0.4 is 11.1 Å². The fourth-order valence-corrected chi connectivity index (χ4v) is 2.12. The van der Waals surface area contributed by atoms with E-state index < -0.39 is 0 Å². The Morgan fingerprint density at radius 3 is 2.41 bits per heavy atom. The summed E-state index contributed by atoms with van der Waals surface area (Å²) in [6.07, 6.45) is 2.32. The minimum absolute atomic E-state index is 0.379. The predicted molar refractivity (Wildman–Crippen MR) is 69.1 cm³/mol. The number of hydrogen-bond acceptors (Lipinski definition) is 3. The van der Waals surface area contributed by atoms with Gasteiger partial charge in [-0.2, -0.15) is 0 Å². The minimum Gasteiger partial charge on any atom is -0.382 e. The largest absolute Gasteiger partial charge is 0.382 e. The molecule has 0 atom stereocenters. The number of piperidine rings is 1. The molecule has 4 nitrogen and oxygen atoms in total. The van der Waals surface area contributed by atoms with E-state index in [1.54, 1.807) is 12.1 Å². The molecule has 1 fully saturated rings. The SMILES string of the molecule is CN1CCC(Nc2ccc(C(N)=O)cc2)CC1. The molecule has 0 saturated carbocycles. The summed E-state index contributed by atoms with van der Waals surface area (Å²) in [5.41, 5.74) is 6.81. The van der Waals surface area contributed by atoms with E-state index in [0.29, 0.717) is 11.6 Å². The monoisotopic (exact) mass is 233 g/mol. The predicted octanol–water partition coefficient (Wildman–Crippen LogP) is 1.29. The van der Waals surface area contributed by atoms with Crippen molar-refractivity contribution in [2.24, 2.45) is 5.73 Å². The number of hydrogen-bond donors (Lipinski definition) is 2. The van der Waals surface area contributed by atoms with E-state index in [1.165, 1.54) is 0 Å². The third kappa shape index (κ3) is 3.20. The van der Waals surface area contributed by atoms with Gasteiger partial charge in [0.05, 0.1) is 0 Å². The number of carbonyl (C=O) groups is 1. The van der Waals surface area contributed by atoms with Crippen molar-refractivity contribution in [2.45, 2.75) is 18.9 Å². The average Bonchev–Trinajstić information content (AvgIpc) is 2.33. The van der Waals surface area contributed by atoms with Crippen LogP contribution >= 0.6 is 0 Å². The minimum atomic E-state index is -0.379. The molecule has 0 unspecified atom stereocenters. The molecule has 1 aromatic rings. The first-order chi connectivity index (χ1) is 8.15. The third-order valence-electron chi connectivity index (χ3n) is 3.26. The average molecular weight is 233 g/mol. The number of rotatable bonds is 3. The lowest BCUT2D eigenvalue weighted by atomic mass is 10.0. The van der Waals surface area contributed by atoms with Gasteiger partial charge in [-0.1, -0.05) is 0 Å². The highest BCUT2D eigenvalue weighted by atomic mass is 16.1. The van der Waals surface area contributed by atoms with Crippen molar-refractivity contribution >= 4 is 11.6 Å². The fraction of sp³-hybridized carbons (Fsp3) is 0.462. The zero-order chi connectivity index (χ0) is 12.3. The van der Waals surface area contributed by atoms with Gasteiger partial charge < -0.3 is 16.0 Å². The smallest absolute Gasteiger partial charge is 0.248 e. The molecular formula is C13H19N3O. The van der Waals surface area contributed by atoms with Crippen molar-refractivity contribution < 1.29 is 4.79 Å². The second-order valence-corrected chi connectivity index (χ2v) is 4.66. The van der Waals surface area contributed by atoms with E-state index in [2.05, 4.69) is 17.3 Å². The Kier molecular flexibility index (Phi) is 3.64. The number of benzene rings is 1. The first-order valence-corrected chi connectivity index (χ1v) is 6.00. The number of nitrogens with one attached hydrogen (secondary N) is 1. The number of nitrogens with two attached hydrogens (primary N) is 1. The van der Waals surface area contributed by atoms with Gasteiger partial charge in [-0.15, -0.1) is 0 Å². The molecule has 1 aliphatic rings. The Labute approximate surface area is 102 Å². The summed E-state index contributed by atoms with van der Waals surface area (Å²) in [7, 11) is 2.15. The molecule has 0 aliphatic carbocycles. The number of primary amides is 1. The van der Waals surface area contributed by atoms with Crippen LogP contribution in [0.1, 0.15) is 23.2 Å². The molecule has 1 aromatic carbocycles. The third-order valence-corrected chi connectivity index (χ3v) is 3.26. The fourth-order valence-electron chi connectivity index (χ4n) is 2.12. The van der Waals surface area contributed by atoms with E-state index in [1.807, 2.05) is 12.1 Å². The van der Waals surface area contributed by atoms with Crippen molar-refractivity contribution in [1.82, 2.24) is 4.90 Å². The summed E-state index contributed by atoms with van der Waals surface area (Å²) >= 11 is 0. The highest BCUT2D eigenvalue weighted by molar-refractivity contribution is 5.93. The van der Waals surface area contributed by atoms with Crippen LogP contribution in [0.25, 0.3) is 0 Å². The van der Waals surface area contributed by atoms with Crippen LogP contribution in [-0.2, 0) is 0 Å². The molecule has 1 amide bonds. The van der Waals surface area contributed by atoms with E-state index in [4.69, 9.17) is 5.73 Å². The summed E-state index contributed by atoms with van der Waals surface area (Å²) in [6.45, 7) is 2.27. The van der Waals surface area contributed by atoms with Crippen LogP contribution in [0.5, 0.6) is 0 Å². The molecule has 2 rings (SSSR count). The standard InChI is InChI=1S/C13H19N3O/c1-16-8-6-12(7-9-16)15-11-4-2-10(3-5-11)13(14)17/h2-5,12,15H,6-9H2,1H3,(H2,14,17). The second-order valence-electron chi connectivity index (χ2n) is 4.66. The summed E-state index contributed by atoms with van der Waals surface area (Å²) in [4.78, 5) is 13.3. The maximum Gasteiger partial charge on any atom is 0.248 e. The molecule has 92 valence electrons. The van der Waals surface area contributed by atoms with Gasteiger partial charge in [0.2, 0.25) is 5.91 Å². The molecule has 1 aliphatic heterocycles. The Morgan fingerprint density at radius 2 is 1.88 bits per heavy atom. The van der Waals surface area contributed by atoms with E-state index >= 15 is 0 Å². The Morgan fingerprint density at radius 1 is 1.29 bits per heavy atom. The lowest BCUT2D eigenvalue weighted by Gasteiger charge is -2.30. The first-order valence-electron chi connectivity index (χ1n) is 6.00. The molecule has 1 saturated heterocycles. The van der Waals surface area contributed by atoms with Crippen LogP contribution in [0.2, 0.25) is 0 Å². The molecule has 3 N–H and O–H groups in total. The topological polar surface area (TPSA) is 58.4 Å². The van der Waals surface area contributed by atoms with Crippen LogP contribution in [-0.4, -0.2) is 37.0 Å². The van der Waals surface area contributed by atoms with Crippen molar-refractivity contribution in [3.63, 3.8) is 0 Å². The highest BCUT2D eigenvalue weighted by Gasteiger charge is 2.16. The number of likely N-dealkylation sites (tertiary alicyclic amines) is 1. The molecule has 0 radical (unpaired) electrons. The molecular weight excluding hydrogens is 214 g/mol. The van der Waals surface area contributed by atoms with Gasteiger partial charge in [-0.25, -0.2) is 0 Å². The number of amides is 1. The lowest BCUT2D eigenvalue weighted by Crippen LogP contribution is -2.36. The summed E-state index contributed by atoms with van der Waals surface area (Å²) < 4.78 is 0. The summed E-state index contributed by atoms with van der Waals surface area (Å²) in [6, 6.07) is 7.89. The summed E-state index contributed by atoms with van der Waals surface area (Å²) in [5, 5.41) is 3.49. The molecule has 0 spiro atoms. The molecule has 0 bridgehead atoms. The van der Waals surface area contributed by atoms with Crippen LogP contribution in [0.3, 0.4) is 0 Å². The molecule has 1 heterocycles. The maximum absolute atomic E-state index is 10.9. The normalized spacial score (nSPS) is 17.9. The number of carbonyl (C=O) groups excluding carboxylic acids is 1. The van der Waals surface area contributed by atoms with Crippen molar-refractivity contribution in [3.05, 3.63) is 29.8 Å². The molecule has 4 heteroatoms. The van der Waals surface area contributed by atoms with Crippen molar-refractivity contribution in [3.8, 4) is 0 Å². The maximum atomic E-state index is 10.9. The van der Waals surface area contributed by atoms with E-state index in [0.717, 1.165) is 31.6 Å². The van der Waals surface area contributed by atoms with Crippen LogP contribution in [0.15, 0.2) is 24.3 Å². The van der Waals surface area contributed by atoms with Gasteiger partial charge in [-0.3, -0.25) is 4.79 Å². The Hall–Kier alpha value is -1.55. The quantitative estimate of drug-likeness (QED) is 0.827. The van der Waals surface area contributed by atoms with Crippen molar-refractivity contribution in [2.75, 3.05) is 25.5 Å². The number of nitrogens with zero attached hydrogens (tertiary/aromatic N) is 1. The van der Waals surface area contributed by atoms with Gasteiger partial charge >= 0.3 is 0 Å². The van der Waals surface area contributed by atoms with Crippen molar-refractivity contribution in [1.29, 1.82) is 0 Å². The highest BCUT2D eigenvalue weighted by Crippen LogP contribution is 2.16. The van der Waals surface area contributed by atoms with Gasteiger partial charge in [0.1, 0.15) is 0 Å². The Balaban J connectivity index is 1.92. The van der Waals surface area contributed by atoms with Gasteiger partial charge in [0.25, 0.3) is 0 Å². The molecule has 0 aromatic heterocycles. The molecule has 17 heavy (non-hydrogen) atoms. The van der Waals surface area contributed by atoms with Gasteiger partial charge in [0.15, 0.2) is 0 Å². The van der Waals surface area contributed by atoms with Gasteiger partial charge in [-0.05, 0) is 57.2 Å². The summed E-state index contributed by atoms with van der Waals surface area (Å²) in [5.74, 6) is -0.379. The van der Waals surface area contributed by atoms with Crippen LogP contribution in [0, 0.1) is 0 Å². The zero-order valence-corrected chi connectivity index (χ0v) is 10.1. The second kappa shape index (κ2) is 5.19.